The van der Waals surface area contributed by atoms with Gasteiger partial charge in [0.15, 0.2) is 13.6 Å². The summed E-state index contributed by atoms with van der Waals surface area (Å²) in [6.45, 7) is 77.1. The number of hydrogen-bond acceptors (Lipinski definition) is 20. The molecule has 2 fully saturated rings. The van der Waals surface area contributed by atoms with Crippen LogP contribution in [0.3, 0.4) is 0 Å². The number of aromatic hydroxyl groups is 4. The molecule has 8 aromatic rings. The second-order valence-electron chi connectivity index (χ2n) is 45.3. The second kappa shape index (κ2) is 50.0. The van der Waals surface area contributed by atoms with Gasteiger partial charge in [-0.2, -0.15) is 0 Å². The Balaban J connectivity index is 0.000000882. The maximum atomic E-state index is 11.7. The van der Waals surface area contributed by atoms with E-state index in [-0.39, 0.29) is 245 Å². The minimum Gasteiger partial charge on any atom is -0.507 e. The van der Waals surface area contributed by atoms with Gasteiger partial charge in [0, 0.05) is 253 Å². The summed E-state index contributed by atoms with van der Waals surface area (Å²) < 4.78 is 78.6. The van der Waals surface area contributed by atoms with Crippen molar-refractivity contribution in [3.8, 4) is 114 Å². The first-order chi connectivity index (χ1) is 58.2. The monoisotopic (exact) mass is 2760 g/mol. The molecule has 738 valence electrons. The van der Waals surface area contributed by atoms with Crippen molar-refractivity contribution in [3.63, 3.8) is 0 Å². The molecule has 20 nitrogen and oxygen atoms in total. The quantitative estimate of drug-likeness (QED) is 0.0437. The summed E-state index contributed by atoms with van der Waals surface area (Å²) in [6, 6.07) is 31.9. The molecule has 0 saturated carbocycles. The minimum absolute atomic E-state index is 0. The van der Waals surface area contributed by atoms with Crippen molar-refractivity contribution >= 4 is 34.4 Å². The van der Waals surface area contributed by atoms with Gasteiger partial charge in [-0.25, -0.2) is 0 Å². The summed E-state index contributed by atoms with van der Waals surface area (Å²) in [7, 11) is 2.08. The van der Waals surface area contributed by atoms with Gasteiger partial charge in [-0.15, -0.1) is 0 Å². The Hall–Kier alpha value is -2.28. The molecule has 2 heterocycles. The van der Waals surface area contributed by atoms with Crippen molar-refractivity contribution in [2.24, 2.45) is 0 Å². The fourth-order valence-electron chi connectivity index (χ4n) is 14.4. The molecular weight excluding hydrogens is 2610 g/mol. The van der Waals surface area contributed by atoms with Crippen molar-refractivity contribution in [2.45, 2.75) is 314 Å². The smallest absolute Gasteiger partial charge is 0.401 e. The molecule has 134 heavy (non-hydrogen) atoms. The predicted octanol–water partition coefficient (Wildman–Crippen LogP) is 29.5. The summed E-state index contributed by atoms with van der Waals surface area (Å²) in [6.07, 6.45) is 0. The molecule has 2 aliphatic heterocycles. The zero-order valence-corrected chi connectivity index (χ0v) is 109. The summed E-state index contributed by atoms with van der Waals surface area (Å²) in [5.41, 5.74) is 14.8. The molecule has 0 bridgehead atoms. The third-order valence-electron chi connectivity index (χ3n) is 22.3. The van der Waals surface area contributed by atoms with Crippen LogP contribution in [0.1, 0.15) is 316 Å². The van der Waals surface area contributed by atoms with Crippen LogP contribution in [0.15, 0.2) is 97.1 Å². The minimum atomic E-state index is -2.14. The number of benzene rings is 8. The number of rotatable bonds is 18. The fraction of sp³-hybridized carbons (Fsp3) is 0.538. The van der Waals surface area contributed by atoms with Gasteiger partial charge in [0.25, 0.3) is 0 Å². The molecule has 30 heteroatoms. The molecule has 6 N–H and O–H groups in total. The molecule has 0 spiro atoms. The van der Waals surface area contributed by atoms with Crippen LogP contribution in [0.2, 0.25) is 0 Å². The molecule has 10 rings (SSSR count). The third kappa shape index (κ3) is 33.4. The molecule has 0 amide bonds. The Morgan fingerprint density at radius 3 is 0.627 bits per heavy atom. The van der Waals surface area contributed by atoms with Crippen LogP contribution in [0.25, 0.3) is 44.5 Å². The van der Waals surface area contributed by atoms with E-state index < -0.39 is 34.4 Å². The molecule has 8 aromatic carbocycles. The molecule has 0 aliphatic carbocycles. The largest absolute Gasteiger partial charge is 0.507 e. The van der Waals surface area contributed by atoms with Crippen LogP contribution in [0, 0.1) is 0 Å². The van der Waals surface area contributed by atoms with E-state index in [0.717, 1.165) is 78.1 Å². The van der Waals surface area contributed by atoms with Crippen LogP contribution in [0.5, 0.6) is 69.0 Å². The average Bonchev–Trinajstić information content (AvgIpc) is 0.774. The Labute approximate surface area is 916 Å². The third-order valence-corrected chi connectivity index (χ3v) is 25.6. The van der Waals surface area contributed by atoms with Gasteiger partial charge >= 0.3 is 34.4 Å². The molecular formula is C104H152O20P4W4Y2. The summed E-state index contributed by atoms with van der Waals surface area (Å²) in [5.74, 6) is 5.73. The van der Waals surface area contributed by atoms with Crippen LogP contribution >= 0.6 is 34.4 Å². The first-order valence-electron chi connectivity index (χ1n) is 43.6. The molecule has 0 aromatic heterocycles. The topological polar surface area (TPSA) is 251 Å². The van der Waals surface area contributed by atoms with Gasteiger partial charge in [-0.3, -0.25) is 18.1 Å². The maximum absolute atomic E-state index is 11.7. The zero-order valence-electron chi connectivity index (χ0n) is 87.6. The van der Waals surface area contributed by atoms with Crippen molar-refractivity contribution < 1.29 is 244 Å². The van der Waals surface area contributed by atoms with E-state index in [1.165, 1.54) is 25.3 Å². The predicted molar refractivity (Wildman–Crippen MR) is 528 cm³/mol. The first kappa shape index (κ1) is 130. The molecule has 2 saturated heterocycles. The molecule has 2 atom stereocenters. The Morgan fingerprint density at radius 1 is 0.239 bits per heavy atom. The Morgan fingerprint density at radius 2 is 0.410 bits per heavy atom. The normalized spacial score (nSPS) is 13.9. The first-order valence-corrected chi connectivity index (χ1v) is 48.0. The molecule has 2 radical (unpaired) electrons. The molecule has 2 unspecified atom stereocenters. The van der Waals surface area contributed by atoms with Crippen LogP contribution < -0.4 is 37.0 Å². The van der Waals surface area contributed by atoms with Gasteiger partial charge in [0.2, 0.25) is 0 Å². The average molecular weight is 2760 g/mol. The summed E-state index contributed by atoms with van der Waals surface area (Å²) >= 11 is 0. The van der Waals surface area contributed by atoms with Gasteiger partial charge in [0.1, 0.15) is 69.0 Å². The number of phenols is 4. The van der Waals surface area contributed by atoms with Crippen molar-refractivity contribution in [2.75, 3.05) is 56.2 Å². The van der Waals surface area contributed by atoms with E-state index in [0.29, 0.717) is 73.8 Å². The number of ether oxygens (including phenoxy) is 4. The van der Waals surface area contributed by atoms with Gasteiger partial charge in [-0.05, 0) is 160 Å². The second-order valence-corrected chi connectivity index (χ2v) is 49.6. The van der Waals surface area contributed by atoms with E-state index in [2.05, 4.69) is 235 Å². The van der Waals surface area contributed by atoms with E-state index in [1.807, 2.05) is 98.7 Å². The van der Waals surface area contributed by atoms with Crippen molar-refractivity contribution in [1.29, 1.82) is 0 Å². The summed E-state index contributed by atoms with van der Waals surface area (Å²) in [4.78, 5) is 20.6. The van der Waals surface area contributed by atoms with Crippen LogP contribution in [0.4, 0.5) is 0 Å². The van der Waals surface area contributed by atoms with Gasteiger partial charge in [0.05, 0.1) is 28.4 Å². The Bertz CT molecular complexity index is 4920. The standard InChI is InChI=1S/C29H43O4P.C29H45O4P.C23H31O6P.C23H33O6P.4W.2Y/c1-26(2,3)18-13-20(24(30)22(15-18)28(7,8)9)21-14-19(27(4,5)6)16-23(29(10,11)12)25(21)33-34-31-17-32-34;1-26(2,3)18-14-20(24(30)22(16-18)28(7,8)9)21-15-19(27(4,5)6)17-23(29(10,11)12)25(21)33-34(31)32-13;1-22(2,3)18-11-14(25-7)9-16(20(18)24)17-10-15(26-8)12-19(23(4,5)6)21(17)29-30-27-13-28-30;1-22(2,3)18-12-14(26-7)10-16(20(18)24)17-11-15(27-8)13-19(23(4,5)6)21(17)29-30(25)28-9;;;;;;/h13-16,30H,17H2,1-12H3;14-17,30-31H,1-13H3;9-12,24H,13H2,1-8H3;10-13,24-25H,1-9H3;;;;;;. The number of methoxy groups -OCH3 is 4. The van der Waals surface area contributed by atoms with E-state index in [4.69, 9.17) is 64.2 Å². The molecule has 2 aliphatic rings. The SMILES string of the molecule is CC(C)(C)c1cc(-c2cc(C(C)(C)C)cc(C(C)(C)C)c2OP2OCO2)c(O)c(C(C)(C)C)c1.COP(O)Oc1c(-c2cc(C(C)(C)C)cc(C(C)(C)C)c2O)cc(C(C)(C)C)cc1C(C)(C)C.COc1cc(-c2cc(OC)cc(C(C)(C)C)c2OP(O)OC)c(O)c(C(C)(C)C)c1.COc1cc(-c2cc(OC)cc(C(C)(C)C)c2OP2OCO2)c(O)c(C(C)(C)C)c1.[W].[W].[W].[W].[Y].[Y]. The fourth-order valence-corrected chi connectivity index (χ4v) is 16.5. The van der Waals surface area contributed by atoms with Gasteiger partial charge < -0.3 is 76.3 Å². The Kier molecular flexibility index (Phi) is 48.4. The van der Waals surface area contributed by atoms with E-state index in [9.17, 15) is 30.2 Å². The van der Waals surface area contributed by atoms with E-state index >= 15 is 0 Å². The van der Waals surface area contributed by atoms with Crippen molar-refractivity contribution in [3.05, 3.63) is 164 Å². The van der Waals surface area contributed by atoms with Crippen LogP contribution in [-0.4, -0.2) is 86.5 Å². The summed E-state index contributed by atoms with van der Waals surface area (Å²) in [5, 5.41) is 45.8. The number of phenolic OH excluding ortho intramolecular Hbond substituents is 4. The van der Waals surface area contributed by atoms with Crippen LogP contribution in [-0.2, 0) is 242 Å². The maximum Gasteiger partial charge on any atom is 0.401 e. The zero-order chi connectivity index (χ0) is 97.4. The van der Waals surface area contributed by atoms with E-state index in [1.54, 1.807) is 40.6 Å². The number of hydrogen-bond donors (Lipinski definition) is 6. The van der Waals surface area contributed by atoms with Gasteiger partial charge in [-0.1, -0.05) is 274 Å². The van der Waals surface area contributed by atoms with Crippen molar-refractivity contribution in [1.82, 2.24) is 0 Å².